The smallest absolute Gasteiger partial charge is 0.252 e. The summed E-state index contributed by atoms with van der Waals surface area (Å²) >= 11 is 0. The van der Waals surface area contributed by atoms with Gasteiger partial charge in [0.25, 0.3) is 6.71 Å². The van der Waals surface area contributed by atoms with Gasteiger partial charge >= 0.3 is 0 Å². The summed E-state index contributed by atoms with van der Waals surface area (Å²) < 4.78 is 5.11. The van der Waals surface area contributed by atoms with E-state index in [9.17, 15) is 5.26 Å². The van der Waals surface area contributed by atoms with Gasteiger partial charge in [-0.1, -0.05) is 355 Å². The van der Waals surface area contributed by atoms with Gasteiger partial charge in [-0.05, 0) is 276 Å². The van der Waals surface area contributed by atoms with Crippen LogP contribution in [0.5, 0.6) is 0 Å². The van der Waals surface area contributed by atoms with Crippen LogP contribution in [0.4, 0.5) is 39.8 Å². The normalized spacial score (nSPS) is 12.9. The molecule has 0 amide bonds. The Labute approximate surface area is 797 Å². The number of benzene rings is 17. The fourth-order valence-corrected chi connectivity index (χ4v) is 20.8. The summed E-state index contributed by atoms with van der Waals surface area (Å²) in [5.41, 5.74) is 40.9. The maximum atomic E-state index is 10.5. The Morgan fingerprint density at radius 3 is 0.933 bits per heavy atom. The standard InChI is InChI=1S/C128H113BN6/c1-123(2,3)93-49-59-112-106(73-93)107-74-94(124(4,5)6)50-60-113(107)132(112)100-55-57-110-116(77-100)134(121-102(85-37-28-22-29-38-85)66-89(84-47-53-99(131-19)54-48-84)68-104(121)88-42-32-41-87(63-88)81-33-24-20-25-34-81)118-70-91(82-35-26-21-27-36-82)71-119-120(118)129(110)111-58-56-101(133-114-61-51-95(125(7,8)9)75-108(114)109-76-96(126(10,11)12)52-62-115(109)133)78-117(111)135(119)122-103(86-39-30-23-31-40-86)67-90(83-45-43-80(79-130)44-46-83)69-105(122)92-64-97(127(13,14)15)72-98(65-92)128(16,17)18/h20-78H,1-18H3. The molecule has 2 aliphatic rings. The topological polar surface area (TPSA) is 44.5 Å². The Bertz CT molecular complexity index is 7900. The van der Waals surface area contributed by atoms with E-state index in [0.29, 0.717) is 11.3 Å². The largest absolute Gasteiger partial charge is 0.310 e. The van der Waals surface area contributed by atoms with Crippen molar-refractivity contribution in [2.75, 3.05) is 9.80 Å². The second-order valence-corrected chi connectivity index (χ2v) is 43.6. The lowest BCUT2D eigenvalue weighted by atomic mass is 9.33. The second kappa shape index (κ2) is 32.4. The number of hydrogen-bond donors (Lipinski definition) is 0. The molecule has 0 fully saturated rings. The first-order valence-electron chi connectivity index (χ1n) is 47.7. The van der Waals surface area contributed by atoms with E-state index in [-0.39, 0.29) is 32.5 Å². The van der Waals surface area contributed by atoms with Crippen molar-refractivity contribution in [3.63, 3.8) is 0 Å². The molecule has 19 aromatic rings. The van der Waals surface area contributed by atoms with Crippen LogP contribution >= 0.6 is 0 Å². The molecule has 0 N–H and O–H groups in total. The Balaban J connectivity index is 0.973. The first-order valence-corrected chi connectivity index (χ1v) is 47.7. The highest BCUT2D eigenvalue weighted by Crippen LogP contribution is 2.57. The lowest BCUT2D eigenvalue weighted by molar-refractivity contribution is 0.569. The Morgan fingerprint density at radius 2 is 0.570 bits per heavy atom. The Kier molecular flexibility index (Phi) is 20.8. The molecule has 0 saturated heterocycles. The van der Waals surface area contributed by atoms with Crippen LogP contribution in [-0.2, 0) is 32.5 Å². The zero-order valence-corrected chi connectivity index (χ0v) is 80.8. The lowest BCUT2D eigenvalue weighted by Crippen LogP contribution is -2.61. The maximum Gasteiger partial charge on any atom is 0.252 e. The van der Waals surface area contributed by atoms with E-state index in [2.05, 4.69) is 488 Å². The summed E-state index contributed by atoms with van der Waals surface area (Å²) in [4.78, 5) is 9.39. The first kappa shape index (κ1) is 86.7. The van der Waals surface area contributed by atoms with Crippen molar-refractivity contribution < 1.29 is 0 Å². The van der Waals surface area contributed by atoms with Crippen LogP contribution in [0.2, 0.25) is 0 Å². The van der Waals surface area contributed by atoms with Gasteiger partial charge in [0, 0.05) is 77.9 Å². The molecule has 658 valence electrons. The molecule has 17 aromatic carbocycles. The third kappa shape index (κ3) is 15.4. The number of nitrogens with zero attached hydrogens (tertiary/aromatic N) is 6. The molecular weight excluding hydrogens is 1630 g/mol. The summed E-state index contributed by atoms with van der Waals surface area (Å²) in [7, 11) is 0. The predicted molar refractivity (Wildman–Crippen MR) is 576 cm³/mol. The number of nitriles is 1. The van der Waals surface area contributed by atoms with Crippen molar-refractivity contribution in [1.82, 2.24) is 9.13 Å². The van der Waals surface area contributed by atoms with Crippen LogP contribution < -0.4 is 26.2 Å². The molecule has 6 nitrogen and oxygen atoms in total. The zero-order chi connectivity index (χ0) is 93.8. The number of anilines is 6. The van der Waals surface area contributed by atoms with Crippen molar-refractivity contribution >= 4 is 107 Å². The molecule has 4 heterocycles. The minimum absolute atomic E-state index is 0.122. The number of fused-ring (bicyclic) bond motifs is 10. The van der Waals surface area contributed by atoms with Crippen molar-refractivity contribution in [2.24, 2.45) is 0 Å². The highest BCUT2D eigenvalue weighted by atomic mass is 15.2. The van der Waals surface area contributed by atoms with Gasteiger partial charge < -0.3 is 18.9 Å². The highest BCUT2D eigenvalue weighted by molar-refractivity contribution is 7.00. The zero-order valence-electron chi connectivity index (χ0n) is 80.8. The SMILES string of the molecule is [C-]#[N+]c1ccc(-c2cc(-c3ccccc3)c(N3c4cc(-n5c6ccc(C(C)(C)C)cc6c6cc(C(C)(C)C)ccc65)ccc4B4c5ccc(-n6c7ccc(C(C)(C)C)cc7c7cc(C(C)(C)C)ccc76)cc5N(c5c(-c6ccccc6)cc(-c6ccc(C#N)cc6)cc5-c5cc(C(C)(C)C)cc(C(C)(C)C)c5)c5cc(-c6ccccc6)cc3c54)c(-c3cccc(-c4ccccc4)c3)c2)cc1. The van der Waals surface area contributed by atoms with Gasteiger partial charge in [-0.25, -0.2) is 4.85 Å². The second-order valence-electron chi connectivity index (χ2n) is 43.6. The Morgan fingerprint density at radius 1 is 0.252 bits per heavy atom. The number of aromatic nitrogens is 2. The van der Waals surface area contributed by atoms with Crippen molar-refractivity contribution in [1.29, 1.82) is 5.26 Å². The summed E-state index contributed by atoms with van der Waals surface area (Å²) in [6.07, 6.45) is 0. The lowest BCUT2D eigenvalue weighted by Gasteiger charge is -2.46. The average molecular weight is 1750 g/mol. The molecule has 0 saturated carbocycles. The van der Waals surface area contributed by atoms with Gasteiger partial charge in [-0.15, -0.1) is 0 Å². The summed E-state index contributed by atoms with van der Waals surface area (Å²) in [6, 6.07) is 138. The van der Waals surface area contributed by atoms with Crippen molar-refractivity contribution in [2.45, 2.75) is 157 Å². The van der Waals surface area contributed by atoms with Gasteiger partial charge in [0.05, 0.1) is 51.6 Å². The maximum absolute atomic E-state index is 10.5. The van der Waals surface area contributed by atoms with Gasteiger partial charge in [-0.3, -0.25) is 0 Å². The average Bonchev–Trinajstić information content (AvgIpc) is 0.739. The molecule has 0 bridgehead atoms. The van der Waals surface area contributed by atoms with E-state index < -0.39 is 6.71 Å². The van der Waals surface area contributed by atoms with Gasteiger partial charge in [0.1, 0.15) is 0 Å². The van der Waals surface area contributed by atoms with Crippen molar-refractivity contribution in [3.05, 3.63) is 408 Å². The third-order valence-corrected chi connectivity index (χ3v) is 28.4. The summed E-state index contributed by atoms with van der Waals surface area (Å²) in [5, 5.41) is 15.4. The molecule has 7 heteroatoms. The fourth-order valence-electron chi connectivity index (χ4n) is 20.8. The first-order chi connectivity index (χ1) is 64.6. The van der Waals surface area contributed by atoms with Gasteiger partial charge in [-0.2, -0.15) is 5.26 Å². The molecule has 2 aliphatic heterocycles. The van der Waals surface area contributed by atoms with E-state index in [1.807, 2.05) is 24.3 Å². The monoisotopic (exact) mass is 1740 g/mol. The van der Waals surface area contributed by atoms with E-state index in [0.717, 1.165) is 173 Å². The summed E-state index contributed by atoms with van der Waals surface area (Å²) in [6.45, 7) is 49.9. The fraction of sp³-hybridized carbons (Fsp3) is 0.188. The van der Waals surface area contributed by atoms with Crippen LogP contribution in [-0.4, -0.2) is 15.8 Å². The van der Waals surface area contributed by atoms with Crippen LogP contribution in [0.1, 0.15) is 164 Å². The van der Waals surface area contributed by atoms with E-state index >= 15 is 0 Å². The Hall–Kier alpha value is -15.0. The van der Waals surface area contributed by atoms with Crippen LogP contribution in [0.15, 0.2) is 358 Å². The molecule has 135 heavy (non-hydrogen) atoms. The van der Waals surface area contributed by atoms with E-state index in [1.54, 1.807) is 0 Å². The predicted octanol–water partition coefficient (Wildman–Crippen LogP) is 33.5. The minimum atomic E-state index is -0.410. The molecule has 21 rings (SSSR count). The molecule has 0 aliphatic carbocycles. The van der Waals surface area contributed by atoms with E-state index in [1.165, 1.54) is 54.9 Å². The molecule has 0 atom stereocenters. The molecule has 0 radical (unpaired) electrons. The minimum Gasteiger partial charge on any atom is -0.310 e. The molecule has 2 aromatic heterocycles. The van der Waals surface area contributed by atoms with Crippen LogP contribution in [0.25, 0.3) is 149 Å². The highest BCUT2D eigenvalue weighted by Gasteiger charge is 2.47. The van der Waals surface area contributed by atoms with E-state index in [4.69, 9.17) is 6.57 Å². The third-order valence-electron chi connectivity index (χ3n) is 28.4. The molecular formula is C128H113BN6. The molecule has 0 spiro atoms. The van der Waals surface area contributed by atoms with Gasteiger partial charge in [0.2, 0.25) is 0 Å². The number of hydrogen-bond acceptors (Lipinski definition) is 3. The van der Waals surface area contributed by atoms with Gasteiger partial charge in [0.15, 0.2) is 5.69 Å². The van der Waals surface area contributed by atoms with Crippen LogP contribution in [0, 0.1) is 17.9 Å². The van der Waals surface area contributed by atoms with Crippen LogP contribution in [0.3, 0.4) is 0 Å². The quantitative estimate of drug-likeness (QED) is 0.0904. The number of rotatable bonds is 12. The molecule has 0 unspecified atom stereocenters. The summed E-state index contributed by atoms with van der Waals surface area (Å²) in [5.74, 6) is 0. The van der Waals surface area contributed by atoms with Crippen molar-refractivity contribution in [3.8, 4) is 106 Å².